The second kappa shape index (κ2) is 11.7. The number of hydrogen-bond acceptors (Lipinski definition) is 3. The number of benzene rings is 1. The van der Waals surface area contributed by atoms with Crippen molar-refractivity contribution in [2.24, 2.45) is 5.92 Å². The molecule has 1 aromatic rings. The molecule has 0 radical (unpaired) electrons. The summed E-state index contributed by atoms with van der Waals surface area (Å²) in [6.45, 7) is 6.08. The van der Waals surface area contributed by atoms with Crippen LogP contribution < -0.4 is 5.32 Å². The van der Waals surface area contributed by atoms with Crippen molar-refractivity contribution in [1.29, 1.82) is 0 Å². The van der Waals surface area contributed by atoms with Crippen LogP contribution in [0.1, 0.15) is 25.3 Å². The van der Waals surface area contributed by atoms with Crippen LogP contribution in [0.4, 0.5) is 4.39 Å². The zero-order valence-electron chi connectivity index (χ0n) is 13.2. The Morgan fingerprint density at radius 1 is 1.24 bits per heavy atom. The van der Waals surface area contributed by atoms with Gasteiger partial charge < -0.3 is 14.8 Å². The van der Waals surface area contributed by atoms with Gasteiger partial charge in [0.15, 0.2) is 0 Å². The molecule has 0 aliphatic rings. The molecule has 21 heavy (non-hydrogen) atoms. The molecule has 0 heterocycles. The average molecular weight is 297 g/mol. The maximum Gasteiger partial charge on any atom is 0.123 e. The first-order chi connectivity index (χ1) is 10.3. The lowest BCUT2D eigenvalue weighted by atomic mass is 9.94. The Kier molecular flexibility index (Phi) is 10.0. The van der Waals surface area contributed by atoms with Gasteiger partial charge >= 0.3 is 0 Å². The third-order valence-corrected chi connectivity index (χ3v) is 3.43. The quantitative estimate of drug-likeness (QED) is 0.602. The highest BCUT2D eigenvalue weighted by molar-refractivity contribution is 5.16. The van der Waals surface area contributed by atoms with E-state index in [1.807, 2.05) is 6.07 Å². The number of ether oxygens (including phenoxy) is 2. The molecule has 1 N–H and O–H groups in total. The van der Waals surface area contributed by atoms with Gasteiger partial charge in [0, 0.05) is 13.7 Å². The van der Waals surface area contributed by atoms with E-state index in [0.29, 0.717) is 19.1 Å². The van der Waals surface area contributed by atoms with Gasteiger partial charge in [-0.05, 0) is 56.0 Å². The molecule has 0 spiro atoms. The van der Waals surface area contributed by atoms with Gasteiger partial charge in [-0.15, -0.1) is 0 Å². The van der Waals surface area contributed by atoms with Crippen molar-refractivity contribution in [3.63, 3.8) is 0 Å². The van der Waals surface area contributed by atoms with Crippen molar-refractivity contribution < 1.29 is 13.9 Å². The predicted molar refractivity (Wildman–Crippen MR) is 84.1 cm³/mol. The van der Waals surface area contributed by atoms with Gasteiger partial charge in [0.05, 0.1) is 13.2 Å². The first-order valence-corrected chi connectivity index (χ1v) is 7.78. The number of methoxy groups -OCH3 is 1. The lowest BCUT2D eigenvalue weighted by Crippen LogP contribution is -2.24. The summed E-state index contributed by atoms with van der Waals surface area (Å²) in [5.41, 5.74) is 1.07. The molecule has 0 amide bonds. The number of halogens is 1. The Labute approximate surface area is 127 Å². The number of nitrogens with one attached hydrogen (secondary N) is 1. The molecule has 0 aliphatic heterocycles. The fraction of sp³-hybridized carbons (Fsp3) is 0.647. The van der Waals surface area contributed by atoms with E-state index < -0.39 is 0 Å². The topological polar surface area (TPSA) is 30.5 Å². The summed E-state index contributed by atoms with van der Waals surface area (Å²) in [6, 6.07) is 6.90. The summed E-state index contributed by atoms with van der Waals surface area (Å²) < 4.78 is 23.7. The molecule has 0 saturated carbocycles. The van der Waals surface area contributed by atoms with E-state index in [9.17, 15) is 4.39 Å². The van der Waals surface area contributed by atoms with E-state index in [0.717, 1.165) is 44.5 Å². The summed E-state index contributed by atoms with van der Waals surface area (Å²) in [5.74, 6) is 0.357. The number of rotatable bonds is 12. The molecular weight excluding hydrogens is 269 g/mol. The maximum absolute atomic E-state index is 13.2. The molecule has 0 fully saturated rings. The van der Waals surface area contributed by atoms with Gasteiger partial charge in [0.25, 0.3) is 0 Å². The molecule has 1 rings (SSSR count). The summed E-state index contributed by atoms with van der Waals surface area (Å²) in [6.07, 6.45) is 3.01. The number of hydrogen-bond donors (Lipinski definition) is 1. The Balaban J connectivity index is 2.33. The van der Waals surface area contributed by atoms with Crippen LogP contribution in [-0.2, 0) is 15.9 Å². The van der Waals surface area contributed by atoms with Crippen LogP contribution >= 0.6 is 0 Å². The third-order valence-electron chi connectivity index (χ3n) is 3.43. The van der Waals surface area contributed by atoms with Crippen LogP contribution in [0.3, 0.4) is 0 Å². The van der Waals surface area contributed by atoms with Crippen LogP contribution in [0.15, 0.2) is 24.3 Å². The lowest BCUT2D eigenvalue weighted by Gasteiger charge is -2.17. The van der Waals surface area contributed by atoms with E-state index in [1.54, 1.807) is 19.2 Å². The SMILES string of the molecule is CCNCC(CCCOCCOC)Cc1cccc(F)c1. The van der Waals surface area contributed by atoms with Crippen molar-refractivity contribution >= 4 is 0 Å². The Bertz CT molecular complexity index is 374. The highest BCUT2D eigenvalue weighted by Gasteiger charge is 2.10. The van der Waals surface area contributed by atoms with Crippen molar-refractivity contribution in [2.45, 2.75) is 26.2 Å². The highest BCUT2D eigenvalue weighted by atomic mass is 19.1. The summed E-state index contributed by atoms with van der Waals surface area (Å²) in [4.78, 5) is 0. The molecular formula is C17H28FNO2. The van der Waals surface area contributed by atoms with E-state index >= 15 is 0 Å². The zero-order chi connectivity index (χ0) is 15.3. The molecule has 3 nitrogen and oxygen atoms in total. The largest absolute Gasteiger partial charge is 0.382 e. The molecule has 4 heteroatoms. The van der Waals surface area contributed by atoms with Crippen LogP contribution in [0, 0.1) is 11.7 Å². The second-order valence-electron chi connectivity index (χ2n) is 5.26. The molecule has 1 aromatic carbocycles. The smallest absolute Gasteiger partial charge is 0.123 e. The zero-order valence-corrected chi connectivity index (χ0v) is 13.2. The molecule has 1 atom stereocenters. The fourth-order valence-electron chi connectivity index (χ4n) is 2.34. The lowest BCUT2D eigenvalue weighted by molar-refractivity contribution is 0.0672. The van der Waals surface area contributed by atoms with Gasteiger partial charge in [-0.1, -0.05) is 19.1 Å². The predicted octanol–water partition coefficient (Wildman–Crippen LogP) is 3.04. The van der Waals surface area contributed by atoms with Gasteiger partial charge in [-0.2, -0.15) is 0 Å². The van der Waals surface area contributed by atoms with Gasteiger partial charge in [-0.25, -0.2) is 4.39 Å². The van der Waals surface area contributed by atoms with Crippen LogP contribution in [0.25, 0.3) is 0 Å². The van der Waals surface area contributed by atoms with Crippen LogP contribution in [-0.4, -0.2) is 40.0 Å². The van der Waals surface area contributed by atoms with E-state index in [-0.39, 0.29) is 5.82 Å². The van der Waals surface area contributed by atoms with Crippen LogP contribution in [0.2, 0.25) is 0 Å². The first-order valence-electron chi connectivity index (χ1n) is 7.78. The Morgan fingerprint density at radius 2 is 2.10 bits per heavy atom. The summed E-state index contributed by atoms with van der Waals surface area (Å²) in [7, 11) is 1.68. The molecule has 0 saturated heterocycles. The fourth-order valence-corrected chi connectivity index (χ4v) is 2.34. The maximum atomic E-state index is 13.2. The van der Waals surface area contributed by atoms with E-state index in [4.69, 9.17) is 9.47 Å². The summed E-state index contributed by atoms with van der Waals surface area (Å²) >= 11 is 0. The minimum Gasteiger partial charge on any atom is -0.382 e. The van der Waals surface area contributed by atoms with Gasteiger partial charge in [0.2, 0.25) is 0 Å². The third kappa shape index (κ3) is 8.81. The molecule has 120 valence electrons. The minimum atomic E-state index is -0.155. The van der Waals surface area contributed by atoms with Gasteiger partial charge in [-0.3, -0.25) is 0 Å². The first kappa shape index (κ1) is 18.1. The van der Waals surface area contributed by atoms with Crippen molar-refractivity contribution in [3.05, 3.63) is 35.6 Å². The summed E-state index contributed by atoms with van der Waals surface area (Å²) in [5, 5.41) is 3.39. The van der Waals surface area contributed by atoms with Crippen molar-refractivity contribution in [2.75, 3.05) is 40.0 Å². The molecule has 0 bridgehead atoms. The van der Waals surface area contributed by atoms with E-state index in [2.05, 4.69) is 12.2 Å². The molecule has 1 unspecified atom stereocenters. The standard InChI is InChI=1S/C17H28FNO2/c1-3-19-14-16(7-5-9-21-11-10-20-2)12-15-6-4-8-17(18)13-15/h4,6,8,13,16,19H,3,5,7,9-12,14H2,1-2H3. The highest BCUT2D eigenvalue weighted by Crippen LogP contribution is 2.15. The average Bonchev–Trinajstić information content (AvgIpc) is 2.48. The van der Waals surface area contributed by atoms with Gasteiger partial charge in [0.1, 0.15) is 5.82 Å². The Hall–Kier alpha value is -0.970. The molecule has 0 aliphatic carbocycles. The Morgan fingerprint density at radius 3 is 2.81 bits per heavy atom. The minimum absolute atomic E-state index is 0.155. The second-order valence-corrected chi connectivity index (χ2v) is 5.26. The van der Waals surface area contributed by atoms with E-state index in [1.165, 1.54) is 6.07 Å². The van der Waals surface area contributed by atoms with Crippen molar-refractivity contribution in [1.82, 2.24) is 5.32 Å². The van der Waals surface area contributed by atoms with Crippen molar-refractivity contribution in [3.8, 4) is 0 Å². The molecule has 0 aromatic heterocycles. The normalized spacial score (nSPS) is 12.5. The van der Waals surface area contributed by atoms with Crippen LogP contribution in [0.5, 0.6) is 0 Å². The monoisotopic (exact) mass is 297 g/mol.